The van der Waals surface area contributed by atoms with Crippen LogP contribution in [0.15, 0.2) is 64.7 Å². The van der Waals surface area contributed by atoms with E-state index in [2.05, 4.69) is 10.1 Å². The van der Waals surface area contributed by atoms with Crippen LogP contribution in [0.4, 0.5) is 23.7 Å². The van der Waals surface area contributed by atoms with E-state index >= 15 is 0 Å². The highest BCUT2D eigenvalue weighted by molar-refractivity contribution is 6.14. The molecule has 0 unspecified atom stereocenters. The number of nitrogens with one attached hydrogen (secondary N) is 1. The van der Waals surface area contributed by atoms with E-state index in [9.17, 15) is 42.5 Å². The minimum absolute atomic E-state index is 0.0659. The number of imide groups is 1. The number of amides is 3. The number of nitro groups is 1. The molecule has 0 spiro atoms. The zero-order chi connectivity index (χ0) is 29.2. The number of furan rings is 1. The number of hydrogen-bond acceptors (Lipinski definition) is 9. The summed E-state index contributed by atoms with van der Waals surface area (Å²) in [6, 6.07) is 8.41. The number of carbonyl (C=O) groups is 4. The van der Waals surface area contributed by atoms with E-state index in [1.807, 2.05) is 0 Å². The number of carbonyl (C=O) groups excluding carboxylic acids is 4. The molecular formula is C25H16F3N3O9. The third kappa shape index (κ3) is 5.67. The summed E-state index contributed by atoms with van der Waals surface area (Å²) in [7, 11) is 1.14. The second-order valence-electron chi connectivity index (χ2n) is 8.06. The third-order valence-corrected chi connectivity index (χ3v) is 5.47. The Balaban J connectivity index is 1.63. The van der Waals surface area contributed by atoms with Gasteiger partial charge in [0.1, 0.15) is 11.5 Å². The minimum Gasteiger partial charge on any atom is -0.463 e. The Morgan fingerprint density at radius 3 is 2.50 bits per heavy atom. The van der Waals surface area contributed by atoms with Crippen molar-refractivity contribution in [1.29, 1.82) is 0 Å². The number of nitrogens with zero attached hydrogens (tertiary/aromatic N) is 2. The lowest BCUT2D eigenvalue weighted by atomic mass is 10.1. The molecule has 0 aliphatic carbocycles. The zero-order valence-electron chi connectivity index (χ0n) is 20.2. The van der Waals surface area contributed by atoms with Gasteiger partial charge in [-0.1, -0.05) is 18.2 Å². The van der Waals surface area contributed by atoms with Gasteiger partial charge in [-0.05, 0) is 36.4 Å². The lowest BCUT2D eigenvalue weighted by Gasteiger charge is -2.11. The highest BCUT2D eigenvalue weighted by Crippen LogP contribution is 2.35. The Hall–Kier alpha value is -5.47. The summed E-state index contributed by atoms with van der Waals surface area (Å²) >= 11 is 0. The number of esters is 2. The fraction of sp³-hybridized carbons (Fsp3) is 0.120. The number of nitro benzene ring substituents is 1. The summed E-state index contributed by atoms with van der Waals surface area (Å²) < 4.78 is 54.1. The van der Waals surface area contributed by atoms with Crippen LogP contribution in [0.2, 0.25) is 0 Å². The van der Waals surface area contributed by atoms with E-state index in [4.69, 9.17) is 9.15 Å². The molecule has 0 saturated carbocycles. The van der Waals surface area contributed by atoms with Crippen LogP contribution >= 0.6 is 0 Å². The van der Waals surface area contributed by atoms with Crippen molar-refractivity contribution in [3.05, 3.63) is 98.6 Å². The second-order valence-corrected chi connectivity index (χ2v) is 8.06. The number of methoxy groups -OCH3 is 1. The van der Waals surface area contributed by atoms with Crippen molar-refractivity contribution >= 4 is 35.6 Å². The van der Waals surface area contributed by atoms with Gasteiger partial charge in [-0.25, -0.2) is 14.4 Å². The van der Waals surface area contributed by atoms with Crippen LogP contribution in [0, 0.1) is 10.1 Å². The van der Waals surface area contributed by atoms with Gasteiger partial charge in [-0.15, -0.1) is 0 Å². The summed E-state index contributed by atoms with van der Waals surface area (Å²) in [6.07, 6.45) is -3.75. The normalized spacial score (nSPS) is 14.3. The van der Waals surface area contributed by atoms with Crippen LogP contribution in [-0.2, 0) is 22.3 Å². The molecule has 1 saturated heterocycles. The van der Waals surface area contributed by atoms with Gasteiger partial charge in [-0.2, -0.15) is 13.2 Å². The first-order valence-electron chi connectivity index (χ1n) is 11.1. The highest BCUT2D eigenvalue weighted by atomic mass is 19.4. The standard InChI is InChI=1S/C25H16F3N3O9/c1-38-23(34)19-9-8-16(39-19)12-30-21(32)17(29-24(30)35)11-13-4-3-7-18(31(36)37)20(13)40-22(33)14-5-2-6-15(10-14)25(26,27)28/h2-11H,12H2,1H3,(H,29,35)/b17-11-. The molecule has 0 atom stereocenters. The van der Waals surface area contributed by atoms with Gasteiger partial charge in [0, 0.05) is 11.6 Å². The Labute approximate surface area is 221 Å². The number of ether oxygens (including phenoxy) is 2. The Bertz CT molecular complexity index is 1580. The third-order valence-electron chi connectivity index (χ3n) is 5.47. The van der Waals surface area contributed by atoms with Gasteiger partial charge in [0.25, 0.3) is 5.91 Å². The van der Waals surface area contributed by atoms with Crippen molar-refractivity contribution in [1.82, 2.24) is 10.2 Å². The molecule has 2 heterocycles. The fourth-order valence-electron chi connectivity index (χ4n) is 3.58. The van der Waals surface area contributed by atoms with Crippen LogP contribution in [0.25, 0.3) is 6.08 Å². The first-order chi connectivity index (χ1) is 18.9. The first-order valence-corrected chi connectivity index (χ1v) is 11.1. The quantitative estimate of drug-likeness (QED) is 0.111. The van der Waals surface area contributed by atoms with Gasteiger partial charge in [-0.3, -0.25) is 19.8 Å². The average molecular weight is 559 g/mol. The minimum atomic E-state index is -4.76. The van der Waals surface area contributed by atoms with Crippen molar-refractivity contribution in [2.75, 3.05) is 7.11 Å². The van der Waals surface area contributed by atoms with Crippen molar-refractivity contribution in [2.24, 2.45) is 0 Å². The zero-order valence-corrected chi connectivity index (χ0v) is 20.2. The first kappa shape index (κ1) is 27.6. The molecule has 15 heteroatoms. The van der Waals surface area contributed by atoms with Crippen molar-refractivity contribution in [2.45, 2.75) is 12.7 Å². The topological polar surface area (TPSA) is 158 Å². The predicted molar refractivity (Wildman–Crippen MR) is 127 cm³/mol. The van der Waals surface area contributed by atoms with Crippen LogP contribution in [0.3, 0.4) is 0 Å². The monoisotopic (exact) mass is 559 g/mol. The number of para-hydroxylation sites is 1. The van der Waals surface area contributed by atoms with E-state index in [-0.39, 0.29) is 29.3 Å². The molecule has 1 aliphatic heterocycles. The van der Waals surface area contributed by atoms with Crippen molar-refractivity contribution in [3.63, 3.8) is 0 Å². The van der Waals surface area contributed by atoms with Crippen molar-refractivity contribution < 1.29 is 51.2 Å². The number of urea groups is 1. The largest absolute Gasteiger partial charge is 0.463 e. The second kappa shape index (κ2) is 10.7. The summed E-state index contributed by atoms with van der Waals surface area (Å²) in [5, 5.41) is 13.9. The smallest absolute Gasteiger partial charge is 0.416 e. The number of halogens is 3. The molecule has 1 fully saturated rings. The van der Waals surface area contributed by atoms with E-state index in [0.29, 0.717) is 6.07 Å². The van der Waals surface area contributed by atoms with Gasteiger partial charge < -0.3 is 19.2 Å². The number of hydrogen-bond donors (Lipinski definition) is 1. The van der Waals surface area contributed by atoms with Gasteiger partial charge in [0.2, 0.25) is 11.5 Å². The highest BCUT2D eigenvalue weighted by Gasteiger charge is 2.35. The maximum absolute atomic E-state index is 13.1. The Kier molecular flexibility index (Phi) is 7.39. The molecule has 206 valence electrons. The maximum atomic E-state index is 13.1. The van der Waals surface area contributed by atoms with Crippen molar-refractivity contribution in [3.8, 4) is 5.75 Å². The molecule has 4 rings (SSSR count). The molecule has 1 aromatic heterocycles. The molecule has 2 aromatic carbocycles. The van der Waals surface area contributed by atoms with E-state index < -0.39 is 57.5 Å². The molecule has 3 amide bonds. The molecule has 3 aromatic rings. The molecule has 1 aliphatic rings. The number of benzene rings is 2. The van der Waals surface area contributed by atoms with Gasteiger partial charge in [0.05, 0.1) is 29.7 Å². The van der Waals surface area contributed by atoms with E-state index in [1.165, 1.54) is 24.3 Å². The van der Waals surface area contributed by atoms with Crippen LogP contribution < -0.4 is 10.1 Å². The molecule has 40 heavy (non-hydrogen) atoms. The SMILES string of the molecule is COC(=O)c1ccc(CN2C(=O)N/C(=C\c3cccc([N+](=O)[O-])c3OC(=O)c3cccc(C(F)(F)F)c3)C2=O)o1. The lowest BCUT2D eigenvalue weighted by molar-refractivity contribution is -0.385. The molecule has 0 bridgehead atoms. The van der Waals surface area contributed by atoms with E-state index in [0.717, 1.165) is 42.4 Å². The summed E-state index contributed by atoms with van der Waals surface area (Å²) in [6.45, 7) is -0.384. The maximum Gasteiger partial charge on any atom is 0.416 e. The summed E-state index contributed by atoms with van der Waals surface area (Å²) in [5.41, 5.74) is -2.96. The molecular weight excluding hydrogens is 543 g/mol. The Morgan fingerprint density at radius 1 is 1.10 bits per heavy atom. The summed E-state index contributed by atoms with van der Waals surface area (Å²) in [4.78, 5) is 61.1. The van der Waals surface area contributed by atoms with Gasteiger partial charge in [0.15, 0.2) is 0 Å². The lowest BCUT2D eigenvalue weighted by Crippen LogP contribution is -2.30. The average Bonchev–Trinajstić information content (AvgIpc) is 3.49. The predicted octanol–water partition coefficient (Wildman–Crippen LogP) is 4.31. The fourth-order valence-corrected chi connectivity index (χ4v) is 3.58. The van der Waals surface area contributed by atoms with E-state index in [1.54, 1.807) is 0 Å². The molecule has 0 radical (unpaired) electrons. The van der Waals surface area contributed by atoms with Crippen LogP contribution in [0.5, 0.6) is 5.75 Å². The van der Waals surface area contributed by atoms with Crippen LogP contribution in [-0.4, -0.2) is 40.8 Å². The van der Waals surface area contributed by atoms with Crippen LogP contribution in [0.1, 0.15) is 37.8 Å². The number of rotatable bonds is 7. The number of alkyl halides is 3. The summed E-state index contributed by atoms with van der Waals surface area (Å²) in [5.74, 6) is -3.76. The molecule has 12 nitrogen and oxygen atoms in total. The Morgan fingerprint density at radius 2 is 1.82 bits per heavy atom. The van der Waals surface area contributed by atoms with Gasteiger partial charge >= 0.3 is 29.8 Å². The molecule has 1 N–H and O–H groups in total.